The molecule has 2 aromatic heterocycles. The molecule has 3 rings (SSSR count). The Labute approximate surface area is 134 Å². The van der Waals surface area contributed by atoms with Crippen LogP contribution < -0.4 is 11.0 Å². The Hall–Kier alpha value is -2.31. The second-order valence-corrected chi connectivity index (χ2v) is 7.03. The number of nitrogens with zero attached hydrogens (tertiary/aromatic N) is 3. The highest BCUT2D eigenvalue weighted by atomic mass is 16.6. The largest absolute Gasteiger partial charge is 0.444 e. The molecule has 1 N–H and O–H groups in total. The number of aromatic nitrogens is 3. The van der Waals surface area contributed by atoms with Crippen LogP contribution in [0.5, 0.6) is 0 Å². The first kappa shape index (κ1) is 15.6. The van der Waals surface area contributed by atoms with E-state index >= 15 is 0 Å². The Balaban J connectivity index is 1.70. The Morgan fingerprint density at radius 3 is 2.74 bits per heavy atom. The third-order valence-electron chi connectivity index (χ3n) is 4.05. The summed E-state index contributed by atoms with van der Waals surface area (Å²) < 4.78 is 8.58. The van der Waals surface area contributed by atoms with Crippen molar-refractivity contribution < 1.29 is 9.53 Å². The molecule has 0 bridgehead atoms. The maximum atomic E-state index is 12.4. The van der Waals surface area contributed by atoms with Crippen molar-refractivity contribution in [2.75, 3.05) is 0 Å². The van der Waals surface area contributed by atoms with Gasteiger partial charge < -0.3 is 10.1 Å². The van der Waals surface area contributed by atoms with E-state index in [0.29, 0.717) is 18.5 Å². The quantitative estimate of drug-likeness (QED) is 0.918. The minimum absolute atomic E-state index is 0.0284. The lowest BCUT2D eigenvalue weighted by molar-refractivity contribution is 0.0456. The number of imidazole rings is 1. The Kier molecular flexibility index (Phi) is 3.66. The lowest BCUT2D eigenvalue weighted by Crippen LogP contribution is -2.48. The van der Waals surface area contributed by atoms with E-state index in [9.17, 15) is 9.59 Å². The summed E-state index contributed by atoms with van der Waals surface area (Å²) in [6.07, 6.45) is 2.68. The predicted molar refractivity (Wildman–Crippen MR) is 86.4 cm³/mol. The smallest absolute Gasteiger partial charge is 0.407 e. The highest BCUT2D eigenvalue weighted by Gasteiger charge is 2.35. The zero-order valence-electron chi connectivity index (χ0n) is 13.9. The van der Waals surface area contributed by atoms with Crippen LogP contribution in [-0.2, 0) is 11.8 Å². The van der Waals surface area contributed by atoms with Crippen LogP contribution in [0.3, 0.4) is 0 Å². The molecule has 7 heteroatoms. The molecule has 0 unspecified atom stereocenters. The van der Waals surface area contributed by atoms with E-state index in [0.717, 1.165) is 5.52 Å². The normalized spacial score (nSPS) is 21.0. The minimum Gasteiger partial charge on any atom is -0.444 e. The van der Waals surface area contributed by atoms with Gasteiger partial charge in [0, 0.05) is 25.3 Å². The molecule has 124 valence electrons. The number of fused-ring (bicyclic) bond motifs is 1. The molecule has 0 aromatic carbocycles. The van der Waals surface area contributed by atoms with Gasteiger partial charge in [-0.3, -0.25) is 9.13 Å². The number of carbonyl (C=O) groups is 1. The summed E-state index contributed by atoms with van der Waals surface area (Å²) in [4.78, 5) is 28.5. The number of aryl methyl sites for hydroxylation is 1. The van der Waals surface area contributed by atoms with E-state index in [1.54, 1.807) is 22.4 Å². The summed E-state index contributed by atoms with van der Waals surface area (Å²) >= 11 is 0. The number of hydrogen-bond acceptors (Lipinski definition) is 4. The van der Waals surface area contributed by atoms with Gasteiger partial charge in [-0.2, -0.15) is 0 Å². The topological polar surface area (TPSA) is 78.2 Å². The molecule has 2 heterocycles. The molecule has 23 heavy (non-hydrogen) atoms. The van der Waals surface area contributed by atoms with Crippen molar-refractivity contribution >= 4 is 17.3 Å². The first-order valence-corrected chi connectivity index (χ1v) is 7.78. The molecule has 1 fully saturated rings. The molecule has 0 spiro atoms. The van der Waals surface area contributed by atoms with E-state index in [2.05, 4.69) is 10.3 Å². The lowest BCUT2D eigenvalue weighted by atomic mass is 9.86. The average Bonchev–Trinajstić information content (AvgIpc) is 2.65. The third kappa shape index (κ3) is 2.95. The average molecular weight is 318 g/mol. The van der Waals surface area contributed by atoms with Crippen LogP contribution in [0.1, 0.15) is 39.7 Å². The summed E-state index contributed by atoms with van der Waals surface area (Å²) in [6.45, 7) is 5.49. The number of carbonyl (C=O) groups excluding carboxylic acids is 1. The van der Waals surface area contributed by atoms with Crippen molar-refractivity contribution in [2.45, 2.75) is 51.3 Å². The fraction of sp³-hybridized carbons (Fsp3) is 0.562. The van der Waals surface area contributed by atoms with Crippen LogP contribution in [0.15, 0.2) is 23.1 Å². The maximum Gasteiger partial charge on any atom is 0.407 e. The van der Waals surface area contributed by atoms with Crippen molar-refractivity contribution in [1.29, 1.82) is 0 Å². The van der Waals surface area contributed by atoms with Crippen LogP contribution in [0.2, 0.25) is 0 Å². The minimum atomic E-state index is -0.510. The second kappa shape index (κ2) is 5.40. The summed E-state index contributed by atoms with van der Waals surface area (Å²) in [6, 6.07) is 3.79. The van der Waals surface area contributed by atoms with E-state index in [4.69, 9.17) is 4.74 Å². The fourth-order valence-corrected chi connectivity index (χ4v) is 2.91. The van der Waals surface area contributed by atoms with Crippen molar-refractivity contribution in [3.63, 3.8) is 0 Å². The van der Waals surface area contributed by atoms with Crippen LogP contribution in [0, 0.1) is 0 Å². The monoisotopic (exact) mass is 318 g/mol. The predicted octanol–water partition coefficient (Wildman–Crippen LogP) is 1.96. The van der Waals surface area contributed by atoms with Gasteiger partial charge in [-0.05, 0) is 45.7 Å². The van der Waals surface area contributed by atoms with Gasteiger partial charge in [0.2, 0.25) is 0 Å². The van der Waals surface area contributed by atoms with E-state index in [-0.39, 0.29) is 17.8 Å². The van der Waals surface area contributed by atoms with Gasteiger partial charge in [0.1, 0.15) is 5.60 Å². The summed E-state index contributed by atoms with van der Waals surface area (Å²) in [5.74, 6) is 0. The van der Waals surface area contributed by atoms with Crippen molar-refractivity contribution in [2.24, 2.45) is 7.05 Å². The molecule has 0 aliphatic heterocycles. The van der Waals surface area contributed by atoms with Gasteiger partial charge in [0.05, 0.1) is 5.52 Å². The first-order chi connectivity index (χ1) is 10.8. The molecule has 0 saturated heterocycles. The molecule has 0 radical (unpaired) electrons. The van der Waals surface area contributed by atoms with Crippen LogP contribution in [-0.4, -0.2) is 31.9 Å². The summed E-state index contributed by atoms with van der Waals surface area (Å²) in [5.41, 5.74) is 0.935. The summed E-state index contributed by atoms with van der Waals surface area (Å²) in [7, 11) is 1.75. The number of alkyl carbamates (subject to hydrolysis) is 1. The van der Waals surface area contributed by atoms with Gasteiger partial charge in [0.25, 0.3) is 0 Å². The SMILES string of the molecule is Cn1c(=O)n(C2CC(NC(=O)OC(C)(C)C)C2)c2ncccc21. The van der Waals surface area contributed by atoms with E-state index in [1.807, 2.05) is 32.9 Å². The first-order valence-electron chi connectivity index (χ1n) is 7.78. The Morgan fingerprint density at radius 1 is 1.39 bits per heavy atom. The maximum absolute atomic E-state index is 12.4. The van der Waals surface area contributed by atoms with Crippen LogP contribution in [0.4, 0.5) is 4.79 Å². The molecule has 0 atom stereocenters. The van der Waals surface area contributed by atoms with Gasteiger partial charge in [-0.15, -0.1) is 0 Å². The highest BCUT2D eigenvalue weighted by Crippen LogP contribution is 2.33. The van der Waals surface area contributed by atoms with Gasteiger partial charge in [-0.1, -0.05) is 0 Å². The molecule has 7 nitrogen and oxygen atoms in total. The zero-order valence-corrected chi connectivity index (χ0v) is 13.9. The number of ether oxygens (including phenoxy) is 1. The van der Waals surface area contributed by atoms with Gasteiger partial charge in [0.15, 0.2) is 5.65 Å². The Morgan fingerprint density at radius 2 is 2.09 bits per heavy atom. The van der Waals surface area contributed by atoms with E-state index < -0.39 is 11.7 Å². The molecular formula is C16H22N4O3. The standard InChI is InChI=1S/C16H22N4O3/c1-16(2,3)23-14(21)18-10-8-11(9-10)20-13-12(6-5-7-17-13)19(4)15(20)22/h5-7,10-11H,8-9H2,1-4H3,(H,18,21). The number of pyridine rings is 1. The number of hydrogen-bond donors (Lipinski definition) is 1. The molecular weight excluding hydrogens is 296 g/mol. The lowest BCUT2D eigenvalue weighted by Gasteiger charge is -2.36. The number of amides is 1. The summed E-state index contributed by atoms with van der Waals surface area (Å²) in [5, 5.41) is 2.84. The molecule has 1 saturated carbocycles. The molecule has 1 aliphatic carbocycles. The number of nitrogens with one attached hydrogen (secondary N) is 1. The molecule has 2 aromatic rings. The van der Waals surface area contributed by atoms with E-state index in [1.165, 1.54) is 0 Å². The second-order valence-electron chi connectivity index (χ2n) is 7.03. The molecule has 1 amide bonds. The highest BCUT2D eigenvalue weighted by molar-refractivity contribution is 5.71. The number of rotatable bonds is 2. The Bertz CT molecular complexity index is 794. The van der Waals surface area contributed by atoms with Crippen molar-refractivity contribution in [1.82, 2.24) is 19.4 Å². The van der Waals surface area contributed by atoms with Gasteiger partial charge in [-0.25, -0.2) is 14.6 Å². The third-order valence-corrected chi connectivity index (χ3v) is 4.05. The zero-order chi connectivity index (χ0) is 16.8. The fourth-order valence-electron chi connectivity index (χ4n) is 2.91. The van der Waals surface area contributed by atoms with Gasteiger partial charge >= 0.3 is 11.8 Å². The van der Waals surface area contributed by atoms with Crippen molar-refractivity contribution in [3.05, 3.63) is 28.8 Å². The van der Waals surface area contributed by atoms with Crippen LogP contribution >= 0.6 is 0 Å². The van der Waals surface area contributed by atoms with Crippen LogP contribution in [0.25, 0.3) is 11.2 Å². The van der Waals surface area contributed by atoms with Crippen molar-refractivity contribution in [3.8, 4) is 0 Å². The molecule has 1 aliphatic rings.